The maximum absolute atomic E-state index is 6.22. The Morgan fingerprint density at radius 1 is 0.619 bits per heavy atom. The summed E-state index contributed by atoms with van der Waals surface area (Å²) in [6.45, 7) is 24.6. The molecule has 7 heteroatoms. The summed E-state index contributed by atoms with van der Waals surface area (Å²) in [4.78, 5) is 0. The van der Waals surface area contributed by atoms with Gasteiger partial charge in [-0.05, 0) is 5.70 Å². The van der Waals surface area contributed by atoms with Gasteiger partial charge in [-0.25, -0.2) is 0 Å². The van der Waals surface area contributed by atoms with E-state index in [1.165, 1.54) is 0 Å². The smallest absolute Gasteiger partial charge is 0.374 e. The molecule has 126 valence electrons. The van der Waals surface area contributed by atoms with Crippen LogP contribution in [0.3, 0.4) is 0 Å². The molecule has 0 radical (unpaired) electrons. The van der Waals surface area contributed by atoms with E-state index in [9.17, 15) is 0 Å². The first kappa shape index (κ1) is 21.5. The molecular weight excluding hydrogens is 328 g/mol. The van der Waals surface area contributed by atoms with Crippen molar-refractivity contribution in [3.8, 4) is 0 Å². The highest BCUT2D eigenvalue weighted by Crippen LogP contribution is 2.18. The predicted octanol–water partition coefficient (Wildman–Crippen LogP) is 4.33. The first-order chi connectivity index (χ1) is 9.18. The minimum absolute atomic E-state index is 0.767. The molecule has 0 fully saturated rings. The normalized spacial score (nSPS) is 14.3. The average molecular weight is 365 g/mol. The zero-order valence-corrected chi connectivity index (χ0v) is 19.6. The summed E-state index contributed by atoms with van der Waals surface area (Å²) in [6.07, 6.45) is 2.30. The summed E-state index contributed by atoms with van der Waals surface area (Å²) in [5.74, 6) is 0. The van der Waals surface area contributed by atoms with E-state index in [0.717, 1.165) is 18.7 Å². The van der Waals surface area contributed by atoms with Gasteiger partial charge >= 0.3 is 8.80 Å². The van der Waals surface area contributed by atoms with Gasteiger partial charge < -0.3 is 13.3 Å². The topological polar surface area (TPSA) is 27.7 Å². The van der Waals surface area contributed by atoms with Crippen molar-refractivity contribution in [2.75, 3.05) is 18.7 Å². The molecule has 0 aromatic rings. The Balaban J connectivity index is 4.95. The minimum Gasteiger partial charge on any atom is -0.374 e. The van der Waals surface area contributed by atoms with Crippen molar-refractivity contribution < 1.29 is 13.3 Å². The molecule has 0 aromatic heterocycles. The molecule has 0 saturated heterocycles. The Kier molecular flexibility index (Phi) is 8.03. The van der Waals surface area contributed by atoms with Crippen molar-refractivity contribution in [1.29, 1.82) is 0 Å². The van der Waals surface area contributed by atoms with Gasteiger partial charge in [-0.2, -0.15) is 0 Å². The molecule has 21 heavy (non-hydrogen) atoms. The highest BCUT2D eigenvalue weighted by atomic mass is 28.4. The molecule has 0 saturated carbocycles. The Morgan fingerprint density at radius 3 is 1.00 bits per heavy atom. The van der Waals surface area contributed by atoms with E-state index in [-0.39, 0.29) is 0 Å². The molecule has 0 aliphatic heterocycles. The lowest BCUT2D eigenvalue weighted by molar-refractivity contribution is 0.111. The fourth-order valence-corrected chi connectivity index (χ4v) is 9.47. The largest absolute Gasteiger partial charge is 0.528 e. The highest BCUT2D eigenvalue weighted by Gasteiger charge is 2.41. The number of rotatable bonds is 10. The summed E-state index contributed by atoms with van der Waals surface area (Å²) in [7, 11) is -6.65. The molecular formula is C14H36O3Si4. The zero-order valence-electron chi connectivity index (χ0n) is 15.6. The molecule has 0 atom stereocenters. The van der Waals surface area contributed by atoms with Crippen LogP contribution >= 0.6 is 0 Å². The van der Waals surface area contributed by atoms with Crippen LogP contribution in [0.2, 0.25) is 58.9 Å². The van der Waals surface area contributed by atoms with Crippen molar-refractivity contribution >= 4 is 33.0 Å². The van der Waals surface area contributed by atoms with Gasteiger partial charge in [-0.15, -0.1) is 0 Å². The van der Waals surface area contributed by atoms with Gasteiger partial charge in [0.05, 0.1) is 24.2 Å². The Labute approximate surface area is 136 Å². The second-order valence-corrected chi connectivity index (χ2v) is 28.1. The Hall–Kier alpha value is 0.488. The summed E-state index contributed by atoms with van der Waals surface area (Å²) in [6, 6.07) is 0. The third-order valence-electron chi connectivity index (χ3n) is 2.37. The van der Waals surface area contributed by atoms with Gasteiger partial charge in [0, 0.05) is 18.7 Å². The summed E-state index contributed by atoms with van der Waals surface area (Å²) in [5, 5.41) is 0. The minimum atomic E-state index is -2.73. The van der Waals surface area contributed by atoms with Crippen molar-refractivity contribution in [2.45, 2.75) is 58.9 Å². The van der Waals surface area contributed by atoms with Gasteiger partial charge in [0.2, 0.25) is 0 Å². The third kappa shape index (κ3) is 11.7. The van der Waals surface area contributed by atoms with Crippen LogP contribution in [0.5, 0.6) is 0 Å². The molecule has 0 aromatic carbocycles. The van der Waals surface area contributed by atoms with Crippen LogP contribution < -0.4 is 0 Å². The lowest BCUT2D eigenvalue weighted by Gasteiger charge is -2.33. The van der Waals surface area contributed by atoms with Crippen molar-refractivity contribution in [2.24, 2.45) is 0 Å². The molecule has 0 N–H and O–H groups in total. The Morgan fingerprint density at radius 2 is 0.857 bits per heavy atom. The fraction of sp³-hybridized carbons (Fsp3) is 0.857. The SMILES string of the molecule is C=C[Si](OC[Si](C)(C)C)(OC[Si](C)(C)C)OC[Si](C)(C)C. The maximum atomic E-state index is 6.22. The van der Waals surface area contributed by atoms with Gasteiger partial charge in [0.1, 0.15) is 0 Å². The van der Waals surface area contributed by atoms with E-state index in [0.29, 0.717) is 0 Å². The molecule has 0 aliphatic carbocycles. The molecule has 0 amide bonds. The van der Waals surface area contributed by atoms with E-state index < -0.39 is 33.0 Å². The van der Waals surface area contributed by atoms with Gasteiger partial charge in [0.15, 0.2) is 0 Å². The fourth-order valence-electron chi connectivity index (χ4n) is 1.25. The molecule has 0 bridgehead atoms. The van der Waals surface area contributed by atoms with E-state index >= 15 is 0 Å². The first-order valence-corrected chi connectivity index (χ1v) is 20.7. The van der Waals surface area contributed by atoms with Crippen LogP contribution in [0.25, 0.3) is 0 Å². The standard InChI is InChI=1S/C14H36O3Si4/c1-11-21(15-12-18(2,3)4,16-13-19(5,6)7)17-14-20(8,9)10/h11H,1,12-14H2,2-10H3. The molecule has 3 nitrogen and oxygen atoms in total. The van der Waals surface area contributed by atoms with Crippen molar-refractivity contribution in [3.63, 3.8) is 0 Å². The predicted molar refractivity (Wildman–Crippen MR) is 104 cm³/mol. The highest BCUT2D eigenvalue weighted by molar-refractivity contribution is 6.80. The van der Waals surface area contributed by atoms with Crippen molar-refractivity contribution in [3.05, 3.63) is 12.3 Å². The number of hydrogen-bond donors (Lipinski definition) is 0. The second-order valence-electron chi connectivity index (χ2n) is 9.36. The van der Waals surface area contributed by atoms with Crippen LogP contribution in [0.4, 0.5) is 0 Å². The average Bonchev–Trinajstić information content (AvgIpc) is 2.25. The molecule has 0 heterocycles. The van der Waals surface area contributed by atoms with Crippen molar-refractivity contribution in [1.82, 2.24) is 0 Å². The number of hydrogen-bond acceptors (Lipinski definition) is 3. The van der Waals surface area contributed by atoms with E-state index in [1.54, 1.807) is 0 Å². The van der Waals surface area contributed by atoms with E-state index in [2.05, 4.69) is 65.5 Å². The second kappa shape index (κ2) is 7.85. The van der Waals surface area contributed by atoms with Gasteiger partial charge in [-0.1, -0.05) is 65.5 Å². The van der Waals surface area contributed by atoms with Crippen LogP contribution in [0, 0.1) is 0 Å². The van der Waals surface area contributed by atoms with Crippen LogP contribution in [-0.2, 0) is 13.3 Å². The summed E-state index contributed by atoms with van der Waals surface area (Å²) in [5.41, 5.74) is 1.83. The van der Waals surface area contributed by atoms with E-state index in [1.807, 2.05) is 5.70 Å². The monoisotopic (exact) mass is 364 g/mol. The lowest BCUT2D eigenvalue weighted by atomic mass is 11.3. The van der Waals surface area contributed by atoms with E-state index in [4.69, 9.17) is 13.3 Å². The first-order valence-electron chi connectivity index (χ1n) is 7.74. The van der Waals surface area contributed by atoms with Crippen LogP contribution in [-0.4, -0.2) is 51.7 Å². The lowest BCUT2D eigenvalue weighted by Crippen LogP contribution is -2.52. The maximum Gasteiger partial charge on any atom is 0.528 e. The van der Waals surface area contributed by atoms with Crippen LogP contribution in [0.15, 0.2) is 12.3 Å². The summed E-state index contributed by atoms with van der Waals surface area (Å²) >= 11 is 0. The Bertz CT molecular complexity index is 281. The van der Waals surface area contributed by atoms with Crippen LogP contribution in [0.1, 0.15) is 0 Å². The van der Waals surface area contributed by atoms with Gasteiger partial charge in [0.25, 0.3) is 0 Å². The molecule has 0 rings (SSSR count). The summed E-state index contributed by atoms with van der Waals surface area (Å²) < 4.78 is 18.7. The third-order valence-corrected chi connectivity index (χ3v) is 8.41. The quantitative estimate of drug-likeness (QED) is 0.540. The van der Waals surface area contributed by atoms with Gasteiger partial charge in [-0.3, -0.25) is 0 Å². The molecule has 0 aliphatic rings. The molecule has 0 unspecified atom stereocenters. The molecule has 0 spiro atoms. The zero-order chi connectivity index (χ0) is 16.9.